The predicted octanol–water partition coefficient (Wildman–Crippen LogP) is 2.45. The minimum absolute atomic E-state index is 0.604. The van der Waals surface area contributed by atoms with Gasteiger partial charge in [0.25, 0.3) is 0 Å². The molecule has 1 aromatic heterocycles. The highest BCUT2D eigenvalue weighted by Crippen LogP contribution is 2.18. The molecule has 6 heteroatoms. The molecule has 0 amide bonds. The average molecular weight is 321 g/mol. The first-order valence-electron chi connectivity index (χ1n) is 7.74. The van der Waals surface area contributed by atoms with Crippen LogP contribution in [0.25, 0.3) is 0 Å². The Balaban J connectivity index is 1.57. The van der Waals surface area contributed by atoms with Gasteiger partial charge in [0.1, 0.15) is 0 Å². The second-order valence-electron chi connectivity index (χ2n) is 5.58. The largest absolute Gasteiger partial charge is 0.338 e. The lowest BCUT2D eigenvalue weighted by atomic mass is 10.1. The monoisotopic (exact) mass is 320 g/mol. The molecule has 5 nitrogen and oxygen atoms in total. The second-order valence-corrected chi connectivity index (χ2v) is 5.99. The van der Waals surface area contributed by atoms with Crippen molar-refractivity contribution in [2.24, 2.45) is 0 Å². The number of nitrogens with zero attached hydrogens (tertiary/aromatic N) is 4. The molecule has 2 heterocycles. The fourth-order valence-electron chi connectivity index (χ4n) is 2.69. The van der Waals surface area contributed by atoms with Crippen molar-refractivity contribution in [3.05, 3.63) is 46.6 Å². The lowest BCUT2D eigenvalue weighted by Crippen LogP contribution is -2.45. The first-order chi connectivity index (χ1) is 10.7. The van der Waals surface area contributed by atoms with Gasteiger partial charge < -0.3 is 9.42 Å². The number of rotatable bonds is 5. The van der Waals surface area contributed by atoms with Crippen LogP contribution in [0.1, 0.15) is 24.2 Å². The van der Waals surface area contributed by atoms with Crippen LogP contribution in [-0.2, 0) is 13.0 Å². The van der Waals surface area contributed by atoms with Crippen molar-refractivity contribution < 1.29 is 4.52 Å². The summed E-state index contributed by atoms with van der Waals surface area (Å²) < 4.78 is 5.37. The molecule has 1 aromatic carbocycles. The molecule has 3 rings (SSSR count). The third-order valence-corrected chi connectivity index (χ3v) is 4.46. The summed E-state index contributed by atoms with van der Waals surface area (Å²) >= 11 is 6.16. The zero-order chi connectivity index (χ0) is 15.4. The highest BCUT2D eigenvalue weighted by atomic mass is 35.5. The first-order valence-corrected chi connectivity index (χ1v) is 8.12. The molecule has 1 saturated heterocycles. The SMILES string of the molecule is CCN1CCN(Cc2nc(Cc3ccccc3Cl)no2)CC1. The molecule has 0 unspecified atom stereocenters. The number of hydrogen-bond donors (Lipinski definition) is 0. The van der Waals surface area contributed by atoms with Gasteiger partial charge in [-0.3, -0.25) is 4.90 Å². The first kappa shape index (κ1) is 15.5. The van der Waals surface area contributed by atoms with E-state index in [9.17, 15) is 0 Å². The Morgan fingerprint density at radius 1 is 1.14 bits per heavy atom. The van der Waals surface area contributed by atoms with E-state index in [1.165, 1.54) is 0 Å². The standard InChI is InChI=1S/C16H21ClN4O/c1-2-20-7-9-21(10-8-20)12-16-18-15(19-22-16)11-13-5-3-4-6-14(13)17/h3-6H,2,7-12H2,1H3. The van der Waals surface area contributed by atoms with Crippen molar-refractivity contribution in [2.75, 3.05) is 32.7 Å². The maximum absolute atomic E-state index is 6.16. The van der Waals surface area contributed by atoms with Crippen LogP contribution < -0.4 is 0 Å². The zero-order valence-electron chi connectivity index (χ0n) is 12.8. The van der Waals surface area contributed by atoms with E-state index in [0.29, 0.717) is 18.1 Å². The van der Waals surface area contributed by atoms with E-state index in [1.807, 2.05) is 24.3 Å². The maximum atomic E-state index is 6.16. The summed E-state index contributed by atoms with van der Waals surface area (Å²) in [5, 5.41) is 4.81. The van der Waals surface area contributed by atoms with E-state index in [2.05, 4.69) is 26.9 Å². The summed E-state index contributed by atoms with van der Waals surface area (Å²) in [5.41, 5.74) is 1.02. The Kier molecular flexibility index (Phi) is 5.08. The summed E-state index contributed by atoms with van der Waals surface area (Å²) in [7, 11) is 0. The Morgan fingerprint density at radius 2 is 1.86 bits per heavy atom. The number of hydrogen-bond acceptors (Lipinski definition) is 5. The van der Waals surface area contributed by atoms with E-state index >= 15 is 0 Å². The molecule has 0 N–H and O–H groups in total. The smallest absolute Gasteiger partial charge is 0.240 e. The van der Waals surface area contributed by atoms with Crippen LogP contribution in [0.4, 0.5) is 0 Å². The van der Waals surface area contributed by atoms with Crippen LogP contribution >= 0.6 is 11.6 Å². The van der Waals surface area contributed by atoms with Gasteiger partial charge in [0.05, 0.1) is 6.54 Å². The van der Waals surface area contributed by atoms with Crippen LogP contribution in [0.3, 0.4) is 0 Å². The minimum atomic E-state index is 0.604. The van der Waals surface area contributed by atoms with Crippen molar-refractivity contribution in [2.45, 2.75) is 19.9 Å². The molecule has 1 aliphatic rings. The van der Waals surface area contributed by atoms with Gasteiger partial charge in [-0.1, -0.05) is 41.9 Å². The van der Waals surface area contributed by atoms with Crippen LogP contribution in [0, 0.1) is 0 Å². The molecule has 0 spiro atoms. The van der Waals surface area contributed by atoms with Crippen LogP contribution in [-0.4, -0.2) is 52.7 Å². The van der Waals surface area contributed by atoms with Gasteiger partial charge in [0.2, 0.25) is 5.89 Å². The van der Waals surface area contributed by atoms with E-state index < -0.39 is 0 Å². The van der Waals surface area contributed by atoms with Crippen molar-refractivity contribution in [3.63, 3.8) is 0 Å². The molecule has 0 radical (unpaired) electrons. The number of halogens is 1. The van der Waals surface area contributed by atoms with Crippen molar-refractivity contribution in [1.29, 1.82) is 0 Å². The highest BCUT2D eigenvalue weighted by molar-refractivity contribution is 6.31. The van der Waals surface area contributed by atoms with Crippen LogP contribution in [0.5, 0.6) is 0 Å². The average Bonchev–Trinajstić information content (AvgIpc) is 2.97. The summed E-state index contributed by atoms with van der Waals surface area (Å²) in [4.78, 5) is 9.30. The van der Waals surface area contributed by atoms with E-state index in [4.69, 9.17) is 16.1 Å². The number of piperazine rings is 1. The molecule has 118 valence electrons. The van der Waals surface area contributed by atoms with Gasteiger partial charge in [0.15, 0.2) is 5.82 Å². The molecule has 2 aromatic rings. The fourth-order valence-corrected chi connectivity index (χ4v) is 2.90. The molecule has 1 fully saturated rings. The molecule has 1 aliphatic heterocycles. The van der Waals surface area contributed by atoms with E-state index in [1.54, 1.807) is 0 Å². The Hall–Kier alpha value is -1.43. The third kappa shape index (κ3) is 3.85. The molecule has 22 heavy (non-hydrogen) atoms. The van der Waals surface area contributed by atoms with Crippen molar-refractivity contribution >= 4 is 11.6 Å². The van der Waals surface area contributed by atoms with Crippen molar-refractivity contribution in [3.8, 4) is 0 Å². The molecule has 0 bridgehead atoms. The lowest BCUT2D eigenvalue weighted by molar-refractivity contribution is 0.121. The molecule has 0 aliphatic carbocycles. The maximum Gasteiger partial charge on any atom is 0.240 e. The normalized spacial score (nSPS) is 17.0. The molecular formula is C16H21ClN4O. The summed E-state index contributed by atoms with van der Waals surface area (Å²) in [6, 6.07) is 7.76. The number of aromatic nitrogens is 2. The Morgan fingerprint density at radius 3 is 2.59 bits per heavy atom. The Bertz CT molecular complexity index is 608. The molecular weight excluding hydrogens is 300 g/mol. The lowest BCUT2D eigenvalue weighted by Gasteiger charge is -2.33. The topological polar surface area (TPSA) is 45.4 Å². The van der Waals surface area contributed by atoms with Crippen LogP contribution in [0.15, 0.2) is 28.8 Å². The van der Waals surface area contributed by atoms with E-state index in [-0.39, 0.29) is 0 Å². The van der Waals surface area contributed by atoms with Gasteiger partial charge >= 0.3 is 0 Å². The minimum Gasteiger partial charge on any atom is -0.338 e. The van der Waals surface area contributed by atoms with Gasteiger partial charge in [-0.25, -0.2) is 0 Å². The summed E-state index contributed by atoms with van der Waals surface area (Å²) in [5.74, 6) is 1.38. The summed E-state index contributed by atoms with van der Waals surface area (Å²) in [6.07, 6.45) is 0.604. The van der Waals surface area contributed by atoms with Gasteiger partial charge in [-0.05, 0) is 18.2 Å². The van der Waals surface area contributed by atoms with Gasteiger partial charge in [0, 0.05) is 37.6 Å². The van der Waals surface area contributed by atoms with Gasteiger partial charge in [-0.15, -0.1) is 0 Å². The Labute approximate surface area is 135 Å². The third-order valence-electron chi connectivity index (χ3n) is 4.09. The number of likely N-dealkylation sites (N-methyl/N-ethyl adjacent to an activating group) is 1. The quantitative estimate of drug-likeness (QED) is 0.847. The fraction of sp³-hybridized carbons (Fsp3) is 0.500. The predicted molar refractivity (Wildman–Crippen MR) is 85.9 cm³/mol. The number of benzene rings is 1. The van der Waals surface area contributed by atoms with E-state index in [0.717, 1.165) is 49.9 Å². The van der Waals surface area contributed by atoms with Gasteiger partial charge in [-0.2, -0.15) is 4.98 Å². The zero-order valence-corrected chi connectivity index (χ0v) is 13.6. The molecule has 0 saturated carbocycles. The van der Waals surface area contributed by atoms with Crippen molar-refractivity contribution in [1.82, 2.24) is 19.9 Å². The second kappa shape index (κ2) is 7.22. The molecule has 0 atom stereocenters. The van der Waals surface area contributed by atoms with Crippen LogP contribution in [0.2, 0.25) is 5.02 Å². The highest BCUT2D eigenvalue weighted by Gasteiger charge is 2.18. The summed E-state index contributed by atoms with van der Waals surface area (Å²) in [6.45, 7) is 8.37.